The van der Waals surface area contributed by atoms with E-state index in [1.54, 1.807) is 0 Å². The second-order valence-electron chi connectivity index (χ2n) is 6.67. The minimum Gasteiger partial charge on any atom is -0.343 e. The smallest absolute Gasteiger partial charge is 0.259 e. The standard InChI is InChI=1S/C20H21BrN4O4S/c21-17-5-3-4-15(12-17)13-23-24-19(26)14-22-20(27)16-6-8-18(9-7-16)30(28,29)25-10-1-2-11-25/h3-9,12-13H,1-2,10-11,14H2,(H,22,27)(H,24,26)/b23-13+. The predicted octanol–water partition coefficient (Wildman–Crippen LogP) is 2.11. The second-order valence-corrected chi connectivity index (χ2v) is 9.52. The van der Waals surface area contributed by atoms with Crippen molar-refractivity contribution in [3.8, 4) is 0 Å². The van der Waals surface area contributed by atoms with Gasteiger partial charge in [0.2, 0.25) is 10.0 Å². The molecule has 30 heavy (non-hydrogen) atoms. The fourth-order valence-electron chi connectivity index (χ4n) is 2.92. The van der Waals surface area contributed by atoms with Crippen molar-refractivity contribution in [3.05, 3.63) is 64.1 Å². The first-order valence-corrected chi connectivity index (χ1v) is 11.6. The Kier molecular flexibility index (Phi) is 7.35. The third kappa shape index (κ3) is 5.74. The molecule has 0 saturated carbocycles. The van der Waals surface area contributed by atoms with Crippen LogP contribution in [-0.2, 0) is 14.8 Å². The molecule has 1 aliphatic heterocycles. The maximum atomic E-state index is 12.5. The summed E-state index contributed by atoms with van der Waals surface area (Å²) in [6.45, 7) is 0.774. The zero-order valence-electron chi connectivity index (χ0n) is 16.0. The minimum atomic E-state index is -3.52. The van der Waals surface area contributed by atoms with Crippen LogP contribution in [-0.4, -0.2) is 50.4 Å². The molecule has 1 heterocycles. The molecule has 0 spiro atoms. The van der Waals surface area contributed by atoms with Gasteiger partial charge in [-0.1, -0.05) is 28.1 Å². The Bertz CT molecular complexity index is 1050. The molecule has 3 rings (SSSR count). The number of hydrogen-bond acceptors (Lipinski definition) is 5. The predicted molar refractivity (Wildman–Crippen MR) is 117 cm³/mol. The van der Waals surface area contributed by atoms with Gasteiger partial charge in [-0.25, -0.2) is 13.8 Å². The number of amides is 2. The van der Waals surface area contributed by atoms with E-state index in [1.807, 2.05) is 24.3 Å². The van der Waals surface area contributed by atoms with Crippen LogP contribution in [0.2, 0.25) is 0 Å². The molecule has 8 nitrogen and oxygen atoms in total. The first-order chi connectivity index (χ1) is 14.4. The van der Waals surface area contributed by atoms with Gasteiger partial charge in [-0.3, -0.25) is 9.59 Å². The lowest BCUT2D eigenvalue weighted by molar-refractivity contribution is -0.120. The van der Waals surface area contributed by atoms with Crippen LogP contribution < -0.4 is 10.7 Å². The lowest BCUT2D eigenvalue weighted by Crippen LogP contribution is -2.35. The number of hydrazone groups is 1. The van der Waals surface area contributed by atoms with Gasteiger partial charge in [-0.05, 0) is 54.8 Å². The van der Waals surface area contributed by atoms with Crippen molar-refractivity contribution in [2.45, 2.75) is 17.7 Å². The van der Waals surface area contributed by atoms with E-state index >= 15 is 0 Å². The van der Waals surface area contributed by atoms with E-state index < -0.39 is 21.8 Å². The first kappa shape index (κ1) is 22.1. The van der Waals surface area contributed by atoms with Gasteiger partial charge in [-0.15, -0.1) is 0 Å². The van der Waals surface area contributed by atoms with Crippen molar-refractivity contribution in [2.24, 2.45) is 5.10 Å². The Labute approximate surface area is 183 Å². The van der Waals surface area contributed by atoms with Crippen LogP contribution in [0.3, 0.4) is 0 Å². The number of nitrogens with one attached hydrogen (secondary N) is 2. The highest BCUT2D eigenvalue weighted by molar-refractivity contribution is 9.10. The number of hydrogen-bond donors (Lipinski definition) is 2. The Morgan fingerprint density at radius 1 is 1.10 bits per heavy atom. The molecule has 158 valence electrons. The minimum absolute atomic E-state index is 0.153. The summed E-state index contributed by atoms with van der Waals surface area (Å²) in [6.07, 6.45) is 3.20. The number of nitrogens with zero attached hydrogens (tertiary/aromatic N) is 2. The molecule has 0 unspecified atom stereocenters. The SMILES string of the molecule is O=C(CNC(=O)c1ccc(S(=O)(=O)N2CCCC2)cc1)N/N=C/c1cccc(Br)c1. The van der Waals surface area contributed by atoms with E-state index in [2.05, 4.69) is 31.8 Å². The molecule has 0 radical (unpaired) electrons. The molecule has 0 atom stereocenters. The molecule has 1 aliphatic rings. The number of carbonyl (C=O) groups is 2. The largest absolute Gasteiger partial charge is 0.343 e. The molecular formula is C20H21BrN4O4S. The number of benzene rings is 2. The Balaban J connectivity index is 1.50. The third-order valence-corrected chi connectivity index (χ3v) is 6.89. The molecule has 10 heteroatoms. The second kappa shape index (κ2) is 9.96. The average Bonchev–Trinajstić information content (AvgIpc) is 3.28. The van der Waals surface area contributed by atoms with Crippen LogP contribution >= 0.6 is 15.9 Å². The van der Waals surface area contributed by atoms with E-state index in [-0.39, 0.29) is 17.0 Å². The fraction of sp³-hybridized carbons (Fsp3) is 0.250. The highest BCUT2D eigenvalue weighted by Gasteiger charge is 2.27. The summed E-state index contributed by atoms with van der Waals surface area (Å²) < 4.78 is 27.4. The monoisotopic (exact) mass is 492 g/mol. The zero-order valence-corrected chi connectivity index (χ0v) is 18.4. The Hall–Kier alpha value is -2.56. The molecular weight excluding hydrogens is 472 g/mol. The molecule has 1 fully saturated rings. The molecule has 1 saturated heterocycles. The quantitative estimate of drug-likeness (QED) is 0.455. The van der Waals surface area contributed by atoms with Crippen LogP contribution in [0.15, 0.2) is 63.0 Å². The molecule has 0 aromatic heterocycles. The van der Waals surface area contributed by atoms with Gasteiger partial charge in [0.15, 0.2) is 0 Å². The maximum absolute atomic E-state index is 12.5. The lowest BCUT2D eigenvalue weighted by atomic mass is 10.2. The van der Waals surface area contributed by atoms with E-state index in [0.29, 0.717) is 13.1 Å². The van der Waals surface area contributed by atoms with Crippen LogP contribution in [0.5, 0.6) is 0 Å². The Morgan fingerprint density at radius 3 is 2.47 bits per heavy atom. The molecule has 2 aromatic rings. The highest BCUT2D eigenvalue weighted by atomic mass is 79.9. The lowest BCUT2D eigenvalue weighted by Gasteiger charge is -2.15. The van der Waals surface area contributed by atoms with Crippen molar-refractivity contribution in [2.75, 3.05) is 19.6 Å². The molecule has 2 aromatic carbocycles. The van der Waals surface area contributed by atoms with Crippen molar-refractivity contribution in [3.63, 3.8) is 0 Å². The first-order valence-electron chi connectivity index (χ1n) is 9.32. The summed E-state index contributed by atoms with van der Waals surface area (Å²) in [6, 6.07) is 13.1. The molecule has 0 bridgehead atoms. The summed E-state index contributed by atoms with van der Waals surface area (Å²) in [7, 11) is -3.52. The summed E-state index contributed by atoms with van der Waals surface area (Å²) in [5.74, 6) is -0.964. The van der Waals surface area contributed by atoms with Gasteiger partial charge in [0.25, 0.3) is 11.8 Å². The number of carbonyl (C=O) groups excluding carboxylic acids is 2. The normalized spacial score (nSPS) is 14.7. The van der Waals surface area contributed by atoms with Crippen molar-refractivity contribution in [1.29, 1.82) is 0 Å². The van der Waals surface area contributed by atoms with Gasteiger partial charge in [-0.2, -0.15) is 9.41 Å². The third-order valence-electron chi connectivity index (χ3n) is 4.48. The van der Waals surface area contributed by atoms with Gasteiger partial charge in [0, 0.05) is 23.1 Å². The number of sulfonamides is 1. The van der Waals surface area contributed by atoms with E-state index in [1.165, 1.54) is 34.8 Å². The fourth-order valence-corrected chi connectivity index (χ4v) is 4.86. The molecule has 2 amide bonds. The summed E-state index contributed by atoms with van der Waals surface area (Å²) in [4.78, 5) is 24.2. The average molecular weight is 493 g/mol. The van der Waals surface area contributed by atoms with Crippen molar-refractivity contribution < 1.29 is 18.0 Å². The summed E-state index contributed by atoms with van der Waals surface area (Å²) >= 11 is 3.35. The number of rotatable bonds is 7. The molecule has 2 N–H and O–H groups in total. The topological polar surface area (TPSA) is 108 Å². The van der Waals surface area contributed by atoms with Gasteiger partial charge >= 0.3 is 0 Å². The van der Waals surface area contributed by atoms with Gasteiger partial charge in [0.05, 0.1) is 17.7 Å². The van der Waals surface area contributed by atoms with Crippen LogP contribution in [0.1, 0.15) is 28.8 Å². The van der Waals surface area contributed by atoms with E-state index in [9.17, 15) is 18.0 Å². The van der Waals surface area contributed by atoms with Crippen LogP contribution in [0.25, 0.3) is 0 Å². The van der Waals surface area contributed by atoms with Gasteiger partial charge < -0.3 is 5.32 Å². The molecule has 0 aliphatic carbocycles. The summed E-state index contributed by atoms with van der Waals surface area (Å²) in [5.41, 5.74) is 3.40. The van der Waals surface area contributed by atoms with E-state index in [4.69, 9.17) is 0 Å². The summed E-state index contributed by atoms with van der Waals surface area (Å²) in [5, 5.41) is 6.32. The maximum Gasteiger partial charge on any atom is 0.259 e. The van der Waals surface area contributed by atoms with Crippen LogP contribution in [0.4, 0.5) is 0 Å². The number of halogens is 1. The van der Waals surface area contributed by atoms with Crippen molar-refractivity contribution in [1.82, 2.24) is 15.0 Å². The van der Waals surface area contributed by atoms with Crippen molar-refractivity contribution >= 4 is 44.0 Å². The Morgan fingerprint density at radius 2 is 1.80 bits per heavy atom. The van der Waals surface area contributed by atoms with Crippen LogP contribution in [0, 0.1) is 0 Å². The van der Waals surface area contributed by atoms with Gasteiger partial charge in [0.1, 0.15) is 0 Å². The van der Waals surface area contributed by atoms with E-state index in [0.717, 1.165) is 22.9 Å². The zero-order chi connectivity index (χ0) is 21.6. The highest BCUT2D eigenvalue weighted by Crippen LogP contribution is 2.21.